The number of amides is 1. The van der Waals surface area contributed by atoms with E-state index in [0.29, 0.717) is 31.9 Å². The molecule has 2 heterocycles. The smallest absolute Gasteiger partial charge is 0.242 e. The van der Waals surface area contributed by atoms with Crippen LogP contribution in [-0.2, 0) is 9.53 Å². The lowest BCUT2D eigenvalue weighted by Crippen LogP contribution is -2.46. The summed E-state index contributed by atoms with van der Waals surface area (Å²) in [6.07, 6.45) is 3.40. The summed E-state index contributed by atoms with van der Waals surface area (Å²) >= 11 is 0. The average Bonchev–Trinajstić information content (AvgIpc) is 2.63. The highest BCUT2D eigenvalue weighted by Crippen LogP contribution is 2.24. The third kappa shape index (κ3) is 4.41. The normalized spacial score (nSPS) is 17.7. The molecule has 0 radical (unpaired) electrons. The number of hydrogen-bond acceptors (Lipinski definition) is 4. The van der Waals surface area contributed by atoms with Crippen LogP contribution in [0.4, 0.5) is 4.39 Å². The molecular weight excluding hydrogens is 321 g/mol. The molecule has 1 N–H and O–H groups in total. The van der Waals surface area contributed by atoms with Crippen molar-refractivity contribution in [1.29, 1.82) is 0 Å². The Morgan fingerprint density at radius 2 is 1.92 bits per heavy atom. The van der Waals surface area contributed by atoms with Crippen LogP contribution in [-0.4, -0.2) is 42.1 Å². The first-order valence-corrected chi connectivity index (χ1v) is 8.42. The average molecular weight is 343 g/mol. The Kier molecular flexibility index (Phi) is 5.73. The Balaban J connectivity index is 1.81. The van der Waals surface area contributed by atoms with Crippen LogP contribution in [0.15, 0.2) is 48.8 Å². The molecule has 0 bridgehead atoms. The Bertz CT molecular complexity index is 705. The van der Waals surface area contributed by atoms with Crippen molar-refractivity contribution in [1.82, 2.24) is 15.2 Å². The maximum atomic E-state index is 13.7. The number of ether oxygens (including phenoxy) is 1. The standard InChI is InChI=1S/C19H22FN3O2/c1-14(15-5-7-21-8-6-15)22-19(24)18(23-9-11-25-12-10-23)16-3-2-4-17(20)13-16/h2-8,13-14,18H,9-12H2,1H3,(H,22,24). The number of nitrogens with one attached hydrogen (secondary N) is 1. The van der Waals surface area contributed by atoms with Crippen LogP contribution in [0.3, 0.4) is 0 Å². The first-order valence-electron chi connectivity index (χ1n) is 8.42. The first kappa shape index (κ1) is 17.5. The first-order chi connectivity index (χ1) is 12.1. The fraction of sp³-hybridized carbons (Fsp3) is 0.368. The molecule has 1 aromatic heterocycles. The van der Waals surface area contributed by atoms with Gasteiger partial charge in [0, 0.05) is 25.5 Å². The molecule has 5 nitrogen and oxygen atoms in total. The number of halogens is 1. The minimum Gasteiger partial charge on any atom is -0.379 e. The Hall–Kier alpha value is -2.31. The van der Waals surface area contributed by atoms with Crippen LogP contribution in [0.2, 0.25) is 0 Å². The van der Waals surface area contributed by atoms with Gasteiger partial charge in [-0.3, -0.25) is 14.7 Å². The zero-order valence-corrected chi connectivity index (χ0v) is 14.2. The number of rotatable bonds is 5. The fourth-order valence-corrected chi connectivity index (χ4v) is 3.07. The molecule has 1 aromatic carbocycles. The third-order valence-electron chi connectivity index (χ3n) is 4.39. The van der Waals surface area contributed by atoms with Gasteiger partial charge in [0.05, 0.1) is 19.3 Å². The van der Waals surface area contributed by atoms with Crippen molar-refractivity contribution in [2.45, 2.75) is 19.0 Å². The number of carbonyl (C=O) groups is 1. The molecule has 25 heavy (non-hydrogen) atoms. The van der Waals surface area contributed by atoms with Crippen LogP contribution in [0.5, 0.6) is 0 Å². The van der Waals surface area contributed by atoms with Crippen molar-refractivity contribution in [2.24, 2.45) is 0 Å². The van der Waals surface area contributed by atoms with Crippen LogP contribution >= 0.6 is 0 Å². The number of carbonyl (C=O) groups excluding carboxylic acids is 1. The van der Waals surface area contributed by atoms with Crippen molar-refractivity contribution in [3.8, 4) is 0 Å². The number of pyridine rings is 1. The molecule has 1 saturated heterocycles. The maximum absolute atomic E-state index is 13.7. The van der Waals surface area contributed by atoms with E-state index < -0.39 is 6.04 Å². The fourth-order valence-electron chi connectivity index (χ4n) is 3.07. The minimum atomic E-state index is -0.538. The lowest BCUT2D eigenvalue weighted by molar-refractivity contribution is -0.129. The van der Waals surface area contributed by atoms with Crippen LogP contribution in [0.25, 0.3) is 0 Å². The molecular formula is C19H22FN3O2. The zero-order chi connectivity index (χ0) is 17.6. The number of hydrogen-bond donors (Lipinski definition) is 1. The summed E-state index contributed by atoms with van der Waals surface area (Å²) in [6.45, 7) is 4.34. The summed E-state index contributed by atoms with van der Waals surface area (Å²) in [6, 6.07) is 9.29. The van der Waals surface area contributed by atoms with E-state index in [1.165, 1.54) is 12.1 Å². The Labute approximate surface area is 146 Å². The summed E-state index contributed by atoms with van der Waals surface area (Å²) in [7, 11) is 0. The predicted molar refractivity (Wildman–Crippen MR) is 92.3 cm³/mol. The van der Waals surface area contributed by atoms with Gasteiger partial charge in [-0.25, -0.2) is 4.39 Å². The van der Waals surface area contributed by atoms with Crippen molar-refractivity contribution in [2.75, 3.05) is 26.3 Å². The van der Waals surface area contributed by atoms with Crippen LogP contribution < -0.4 is 5.32 Å². The molecule has 6 heteroatoms. The zero-order valence-electron chi connectivity index (χ0n) is 14.2. The van der Waals surface area contributed by atoms with E-state index in [1.54, 1.807) is 24.5 Å². The van der Waals surface area contributed by atoms with Crippen molar-refractivity contribution < 1.29 is 13.9 Å². The maximum Gasteiger partial charge on any atom is 0.242 e. The van der Waals surface area contributed by atoms with E-state index in [9.17, 15) is 9.18 Å². The highest BCUT2D eigenvalue weighted by molar-refractivity contribution is 5.83. The molecule has 132 valence electrons. The molecule has 1 fully saturated rings. The second-order valence-corrected chi connectivity index (χ2v) is 6.12. The summed E-state index contributed by atoms with van der Waals surface area (Å²) in [5.74, 6) is -0.484. The summed E-state index contributed by atoms with van der Waals surface area (Å²) in [4.78, 5) is 19.0. The van der Waals surface area contributed by atoms with Gasteiger partial charge in [0.1, 0.15) is 11.9 Å². The second kappa shape index (κ2) is 8.18. The molecule has 0 spiro atoms. The Morgan fingerprint density at radius 3 is 2.60 bits per heavy atom. The van der Waals surface area contributed by atoms with Gasteiger partial charge < -0.3 is 10.1 Å². The van der Waals surface area contributed by atoms with E-state index in [0.717, 1.165) is 5.56 Å². The van der Waals surface area contributed by atoms with E-state index in [2.05, 4.69) is 10.3 Å². The number of benzene rings is 1. The minimum absolute atomic E-state index is 0.142. The number of morpholine rings is 1. The van der Waals surface area contributed by atoms with Gasteiger partial charge in [0.15, 0.2) is 0 Å². The summed E-state index contributed by atoms with van der Waals surface area (Å²) in [5, 5.41) is 3.04. The van der Waals surface area contributed by atoms with E-state index in [-0.39, 0.29) is 17.8 Å². The molecule has 2 unspecified atom stereocenters. The molecule has 2 atom stereocenters. The van der Waals surface area contributed by atoms with Crippen molar-refractivity contribution in [3.05, 3.63) is 65.7 Å². The van der Waals surface area contributed by atoms with Gasteiger partial charge in [0.2, 0.25) is 5.91 Å². The Morgan fingerprint density at radius 1 is 1.20 bits per heavy atom. The van der Waals surface area contributed by atoms with Gasteiger partial charge in [-0.15, -0.1) is 0 Å². The van der Waals surface area contributed by atoms with Crippen molar-refractivity contribution in [3.63, 3.8) is 0 Å². The van der Waals surface area contributed by atoms with E-state index >= 15 is 0 Å². The molecule has 1 aliphatic rings. The van der Waals surface area contributed by atoms with Gasteiger partial charge >= 0.3 is 0 Å². The monoisotopic (exact) mass is 343 g/mol. The summed E-state index contributed by atoms with van der Waals surface area (Å²) < 4.78 is 19.1. The van der Waals surface area contributed by atoms with Gasteiger partial charge in [-0.1, -0.05) is 12.1 Å². The van der Waals surface area contributed by atoms with Gasteiger partial charge in [-0.05, 0) is 42.3 Å². The lowest BCUT2D eigenvalue weighted by Gasteiger charge is -2.34. The van der Waals surface area contributed by atoms with Gasteiger partial charge in [0.25, 0.3) is 0 Å². The molecule has 0 aliphatic carbocycles. The van der Waals surface area contributed by atoms with Crippen LogP contribution in [0, 0.1) is 5.82 Å². The molecule has 3 rings (SSSR count). The quantitative estimate of drug-likeness (QED) is 0.906. The highest BCUT2D eigenvalue weighted by Gasteiger charge is 2.30. The predicted octanol–water partition coefficient (Wildman–Crippen LogP) is 2.47. The van der Waals surface area contributed by atoms with Crippen molar-refractivity contribution >= 4 is 5.91 Å². The third-order valence-corrected chi connectivity index (χ3v) is 4.39. The number of aromatic nitrogens is 1. The summed E-state index contributed by atoms with van der Waals surface area (Å²) in [5.41, 5.74) is 1.63. The molecule has 1 amide bonds. The second-order valence-electron chi connectivity index (χ2n) is 6.12. The SMILES string of the molecule is CC(NC(=O)C(c1cccc(F)c1)N1CCOCC1)c1ccncc1. The topological polar surface area (TPSA) is 54.5 Å². The highest BCUT2D eigenvalue weighted by atomic mass is 19.1. The van der Waals surface area contributed by atoms with Gasteiger partial charge in [-0.2, -0.15) is 0 Å². The molecule has 0 saturated carbocycles. The largest absolute Gasteiger partial charge is 0.379 e. The van der Waals surface area contributed by atoms with E-state index in [1.807, 2.05) is 24.0 Å². The number of nitrogens with zero attached hydrogens (tertiary/aromatic N) is 2. The lowest BCUT2D eigenvalue weighted by atomic mass is 10.0. The van der Waals surface area contributed by atoms with E-state index in [4.69, 9.17) is 4.74 Å². The van der Waals surface area contributed by atoms with Crippen LogP contribution in [0.1, 0.15) is 30.1 Å². The molecule has 1 aliphatic heterocycles. The molecule has 2 aromatic rings.